The van der Waals surface area contributed by atoms with Gasteiger partial charge in [-0.15, -0.1) is 0 Å². The van der Waals surface area contributed by atoms with Crippen molar-refractivity contribution >= 4 is 5.91 Å². The fourth-order valence-electron chi connectivity index (χ4n) is 2.38. The summed E-state index contributed by atoms with van der Waals surface area (Å²) in [5.74, 6) is -0.718. The molecule has 0 radical (unpaired) electrons. The first-order valence-corrected chi connectivity index (χ1v) is 8.20. The van der Waals surface area contributed by atoms with Gasteiger partial charge in [0.25, 0.3) is 5.91 Å². The maximum atomic E-state index is 13.8. The minimum atomic E-state index is -0.411. The Bertz CT molecular complexity index is 431. The summed E-state index contributed by atoms with van der Waals surface area (Å²) in [7, 11) is 0. The molecule has 3 heteroatoms. The molecule has 0 aromatic heterocycles. The van der Waals surface area contributed by atoms with Crippen LogP contribution in [-0.4, -0.2) is 12.5 Å². The van der Waals surface area contributed by atoms with E-state index in [9.17, 15) is 9.18 Å². The zero-order valence-electron chi connectivity index (χ0n) is 13.4. The fourth-order valence-corrected chi connectivity index (χ4v) is 2.38. The van der Waals surface area contributed by atoms with Crippen LogP contribution in [0.4, 0.5) is 4.39 Å². The summed E-state index contributed by atoms with van der Waals surface area (Å²) in [5, 5.41) is 2.80. The van der Waals surface area contributed by atoms with Gasteiger partial charge >= 0.3 is 0 Å². The highest BCUT2D eigenvalue weighted by Gasteiger charge is 2.11. The van der Waals surface area contributed by atoms with Crippen LogP contribution in [0.25, 0.3) is 0 Å². The molecule has 0 aliphatic rings. The lowest BCUT2D eigenvalue weighted by Crippen LogP contribution is -2.25. The van der Waals surface area contributed by atoms with Gasteiger partial charge in [-0.1, -0.05) is 64.0 Å². The number of hydrogen-bond donors (Lipinski definition) is 1. The summed E-state index contributed by atoms with van der Waals surface area (Å²) in [6.45, 7) is 4.52. The number of aryl methyl sites for hydroxylation is 1. The summed E-state index contributed by atoms with van der Waals surface area (Å²) in [4.78, 5) is 11.9. The van der Waals surface area contributed by atoms with Gasteiger partial charge < -0.3 is 5.32 Å². The second kappa shape index (κ2) is 10.4. The Hall–Kier alpha value is -1.38. The molecule has 0 atom stereocenters. The van der Waals surface area contributed by atoms with Crippen LogP contribution in [0.5, 0.6) is 0 Å². The maximum Gasteiger partial charge on any atom is 0.254 e. The molecule has 1 amide bonds. The van der Waals surface area contributed by atoms with Gasteiger partial charge in [-0.25, -0.2) is 4.39 Å². The number of hydrogen-bond acceptors (Lipinski definition) is 1. The molecule has 1 N–H and O–H groups in total. The van der Waals surface area contributed by atoms with Crippen molar-refractivity contribution in [2.45, 2.75) is 65.2 Å². The smallest absolute Gasteiger partial charge is 0.254 e. The van der Waals surface area contributed by atoms with Crippen LogP contribution >= 0.6 is 0 Å². The minimum absolute atomic E-state index is 0.148. The predicted octanol–water partition coefficient (Wildman–Crippen LogP) is 5.00. The van der Waals surface area contributed by atoms with E-state index in [2.05, 4.69) is 12.2 Å². The largest absolute Gasteiger partial charge is 0.352 e. The number of nitrogens with one attached hydrogen (secondary N) is 1. The number of amides is 1. The van der Waals surface area contributed by atoms with E-state index in [4.69, 9.17) is 0 Å². The van der Waals surface area contributed by atoms with Crippen molar-refractivity contribution in [3.63, 3.8) is 0 Å². The van der Waals surface area contributed by atoms with E-state index in [0.717, 1.165) is 12.8 Å². The molecule has 1 aromatic rings. The molecule has 0 fully saturated rings. The van der Waals surface area contributed by atoms with Gasteiger partial charge in [0.2, 0.25) is 0 Å². The first kappa shape index (κ1) is 17.7. The van der Waals surface area contributed by atoms with E-state index >= 15 is 0 Å². The van der Waals surface area contributed by atoms with E-state index < -0.39 is 5.82 Å². The molecule has 21 heavy (non-hydrogen) atoms. The van der Waals surface area contributed by atoms with Crippen LogP contribution in [0.2, 0.25) is 0 Å². The van der Waals surface area contributed by atoms with Crippen LogP contribution in [0.15, 0.2) is 18.2 Å². The van der Waals surface area contributed by atoms with Crippen molar-refractivity contribution in [1.82, 2.24) is 5.32 Å². The van der Waals surface area contributed by atoms with E-state index in [1.54, 1.807) is 19.1 Å². The number of rotatable bonds is 10. The Morgan fingerprint density at radius 1 is 1.05 bits per heavy atom. The zero-order valence-corrected chi connectivity index (χ0v) is 13.4. The second-order valence-electron chi connectivity index (χ2n) is 5.67. The van der Waals surface area contributed by atoms with Crippen LogP contribution in [0.1, 0.15) is 74.2 Å². The van der Waals surface area contributed by atoms with E-state index in [1.165, 1.54) is 44.6 Å². The Morgan fingerprint density at radius 2 is 1.67 bits per heavy atom. The van der Waals surface area contributed by atoms with Gasteiger partial charge in [-0.3, -0.25) is 4.79 Å². The second-order valence-corrected chi connectivity index (χ2v) is 5.67. The monoisotopic (exact) mass is 293 g/mol. The van der Waals surface area contributed by atoms with Gasteiger partial charge in [0.1, 0.15) is 5.82 Å². The number of halogens is 1. The molecule has 0 aliphatic heterocycles. The molecule has 0 spiro atoms. The van der Waals surface area contributed by atoms with E-state index in [0.29, 0.717) is 12.1 Å². The third-order valence-electron chi connectivity index (χ3n) is 3.75. The molecule has 1 rings (SSSR count). The molecule has 118 valence electrons. The predicted molar refractivity (Wildman–Crippen MR) is 86.1 cm³/mol. The molecule has 0 saturated carbocycles. The van der Waals surface area contributed by atoms with Crippen molar-refractivity contribution in [1.29, 1.82) is 0 Å². The molecule has 0 unspecified atom stereocenters. The van der Waals surface area contributed by atoms with Crippen molar-refractivity contribution < 1.29 is 9.18 Å². The summed E-state index contributed by atoms with van der Waals surface area (Å²) < 4.78 is 13.8. The minimum Gasteiger partial charge on any atom is -0.352 e. The average Bonchev–Trinajstić information content (AvgIpc) is 2.48. The highest BCUT2D eigenvalue weighted by atomic mass is 19.1. The molecule has 0 heterocycles. The summed E-state index contributed by atoms with van der Waals surface area (Å²) in [6, 6.07) is 4.92. The Kier molecular flexibility index (Phi) is 8.72. The number of carbonyl (C=O) groups is 1. The van der Waals surface area contributed by atoms with Crippen molar-refractivity contribution in [2.24, 2.45) is 0 Å². The van der Waals surface area contributed by atoms with E-state index in [1.807, 2.05) is 0 Å². The lowest BCUT2D eigenvalue weighted by Gasteiger charge is -2.07. The molecule has 2 nitrogen and oxygen atoms in total. The van der Waals surface area contributed by atoms with Crippen LogP contribution in [-0.2, 0) is 0 Å². The lowest BCUT2D eigenvalue weighted by atomic mass is 10.1. The summed E-state index contributed by atoms with van der Waals surface area (Å²) in [6.07, 6.45) is 9.85. The molecule has 0 aliphatic carbocycles. The number of carbonyl (C=O) groups excluding carboxylic acids is 1. The zero-order chi connectivity index (χ0) is 15.5. The fraction of sp³-hybridized carbons (Fsp3) is 0.611. The van der Waals surface area contributed by atoms with Crippen LogP contribution in [0.3, 0.4) is 0 Å². The third kappa shape index (κ3) is 6.74. The van der Waals surface area contributed by atoms with Gasteiger partial charge in [-0.2, -0.15) is 0 Å². The summed E-state index contributed by atoms with van der Waals surface area (Å²) >= 11 is 0. The Morgan fingerprint density at radius 3 is 2.33 bits per heavy atom. The highest BCUT2D eigenvalue weighted by molar-refractivity contribution is 5.94. The lowest BCUT2D eigenvalue weighted by molar-refractivity contribution is 0.0948. The quantitative estimate of drug-likeness (QED) is 0.604. The first-order chi connectivity index (χ1) is 10.2. The Balaban J connectivity index is 2.13. The standard InChI is InChI=1S/C18H28FNO/c1-3-4-5-6-7-8-9-10-14-20-18(21)16-13-11-12-15(2)17(16)19/h11-13H,3-10,14H2,1-2H3,(H,20,21). The molecule has 0 saturated heterocycles. The van der Waals surface area contributed by atoms with Gasteiger partial charge in [0, 0.05) is 6.54 Å². The molecular weight excluding hydrogens is 265 g/mol. The van der Waals surface area contributed by atoms with Crippen molar-refractivity contribution in [2.75, 3.05) is 6.54 Å². The van der Waals surface area contributed by atoms with Crippen molar-refractivity contribution in [3.8, 4) is 0 Å². The molecular formula is C18H28FNO. The highest BCUT2D eigenvalue weighted by Crippen LogP contribution is 2.12. The normalized spacial score (nSPS) is 10.6. The first-order valence-electron chi connectivity index (χ1n) is 8.20. The van der Waals surface area contributed by atoms with Gasteiger partial charge in [0.15, 0.2) is 0 Å². The number of unbranched alkanes of at least 4 members (excludes halogenated alkanes) is 7. The van der Waals surface area contributed by atoms with Gasteiger partial charge in [0.05, 0.1) is 5.56 Å². The number of benzene rings is 1. The van der Waals surface area contributed by atoms with Crippen molar-refractivity contribution in [3.05, 3.63) is 35.1 Å². The van der Waals surface area contributed by atoms with Crippen LogP contribution in [0, 0.1) is 12.7 Å². The van der Waals surface area contributed by atoms with E-state index in [-0.39, 0.29) is 11.5 Å². The third-order valence-corrected chi connectivity index (χ3v) is 3.75. The molecule has 0 bridgehead atoms. The maximum absolute atomic E-state index is 13.8. The Labute approximate surface area is 128 Å². The molecule has 1 aromatic carbocycles. The van der Waals surface area contributed by atoms with Crippen LogP contribution < -0.4 is 5.32 Å². The SMILES string of the molecule is CCCCCCCCCCNC(=O)c1cccc(C)c1F. The summed E-state index contributed by atoms with van der Waals surface area (Å²) in [5.41, 5.74) is 0.657. The topological polar surface area (TPSA) is 29.1 Å². The average molecular weight is 293 g/mol. The van der Waals surface area contributed by atoms with Gasteiger partial charge in [-0.05, 0) is 25.0 Å².